The SMILES string of the molecule is CC(CCC(=O)NC=O)N(C)Cc1c(C#CCCOCCCNC2CCCCC2)cccc1C=O. The third-order valence-electron chi connectivity index (χ3n) is 6.61. The molecule has 0 radical (unpaired) electrons. The summed E-state index contributed by atoms with van der Waals surface area (Å²) in [4.78, 5) is 35.7. The van der Waals surface area contributed by atoms with Crippen molar-refractivity contribution in [1.82, 2.24) is 15.5 Å². The van der Waals surface area contributed by atoms with E-state index in [4.69, 9.17) is 4.74 Å². The van der Waals surface area contributed by atoms with Crippen LogP contribution in [0.15, 0.2) is 18.2 Å². The molecule has 35 heavy (non-hydrogen) atoms. The summed E-state index contributed by atoms with van der Waals surface area (Å²) in [5.41, 5.74) is 2.34. The predicted molar refractivity (Wildman–Crippen MR) is 138 cm³/mol. The van der Waals surface area contributed by atoms with Crippen molar-refractivity contribution in [2.24, 2.45) is 0 Å². The van der Waals surface area contributed by atoms with E-state index in [2.05, 4.69) is 27.4 Å². The summed E-state index contributed by atoms with van der Waals surface area (Å²) in [7, 11) is 1.96. The second-order valence-electron chi connectivity index (χ2n) is 9.29. The fourth-order valence-corrected chi connectivity index (χ4v) is 4.28. The van der Waals surface area contributed by atoms with Crippen molar-refractivity contribution < 1.29 is 19.1 Å². The van der Waals surface area contributed by atoms with Crippen LogP contribution >= 0.6 is 0 Å². The van der Waals surface area contributed by atoms with Crippen molar-refractivity contribution in [3.8, 4) is 11.8 Å². The van der Waals surface area contributed by atoms with Crippen LogP contribution in [0.2, 0.25) is 0 Å². The third kappa shape index (κ3) is 11.2. The van der Waals surface area contributed by atoms with E-state index in [0.29, 0.717) is 44.0 Å². The topological polar surface area (TPSA) is 87.7 Å². The zero-order valence-corrected chi connectivity index (χ0v) is 21.3. The molecule has 1 unspecified atom stereocenters. The lowest BCUT2D eigenvalue weighted by molar-refractivity contribution is -0.125. The zero-order valence-electron chi connectivity index (χ0n) is 21.3. The van der Waals surface area contributed by atoms with Crippen LogP contribution in [-0.2, 0) is 20.9 Å². The van der Waals surface area contributed by atoms with Crippen LogP contribution in [0.1, 0.15) is 86.2 Å². The Bertz CT molecular complexity index is 855. The minimum absolute atomic E-state index is 0.0916. The maximum Gasteiger partial charge on any atom is 0.226 e. The molecule has 2 rings (SSSR count). The molecule has 0 aliphatic heterocycles. The first kappa shape index (κ1) is 28.7. The van der Waals surface area contributed by atoms with E-state index < -0.39 is 0 Å². The number of benzene rings is 1. The summed E-state index contributed by atoms with van der Waals surface area (Å²) in [6.45, 7) is 4.90. The molecule has 1 atom stereocenters. The van der Waals surface area contributed by atoms with E-state index in [1.807, 2.05) is 26.1 Å². The van der Waals surface area contributed by atoms with Gasteiger partial charge in [0, 0.05) is 49.2 Å². The lowest BCUT2D eigenvalue weighted by atomic mass is 9.95. The number of nitrogens with one attached hydrogen (secondary N) is 2. The lowest BCUT2D eigenvalue weighted by Gasteiger charge is -2.25. The highest BCUT2D eigenvalue weighted by Gasteiger charge is 2.15. The molecule has 1 aliphatic rings. The first-order valence-corrected chi connectivity index (χ1v) is 12.9. The highest BCUT2D eigenvalue weighted by Crippen LogP contribution is 2.18. The van der Waals surface area contributed by atoms with Gasteiger partial charge in [0.2, 0.25) is 12.3 Å². The summed E-state index contributed by atoms with van der Waals surface area (Å²) in [5, 5.41) is 5.79. The number of ether oxygens (including phenoxy) is 1. The van der Waals surface area contributed by atoms with Crippen LogP contribution in [-0.4, -0.2) is 62.4 Å². The standard InChI is InChI=1S/C28H41N3O4/c1-23(15-16-28(34)30-22-33)31(2)20-27-24(11-8-12-25(27)21-32)10-6-7-18-35-19-9-17-29-26-13-4-3-5-14-26/h8,11-12,21-23,26,29H,3-5,7,9,13-20H2,1-2H3,(H,30,33,34). The molecule has 0 bridgehead atoms. The molecule has 2 N–H and O–H groups in total. The van der Waals surface area contributed by atoms with Gasteiger partial charge < -0.3 is 10.1 Å². The van der Waals surface area contributed by atoms with E-state index in [9.17, 15) is 14.4 Å². The number of nitrogens with zero attached hydrogens (tertiary/aromatic N) is 1. The molecule has 1 fully saturated rings. The number of hydrogen-bond donors (Lipinski definition) is 2. The Balaban J connectivity index is 1.78. The van der Waals surface area contributed by atoms with Crippen molar-refractivity contribution in [3.05, 3.63) is 34.9 Å². The van der Waals surface area contributed by atoms with Crippen molar-refractivity contribution in [2.45, 2.75) is 83.3 Å². The Morgan fingerprint density at radius 3 is 2.77 bits per heavy atom. The average molecular weight is 484 g/mol. The lowest BCUT2D eigenvalue weighted by Crippen LogP contribution is -2.32. The van der Waals surface area contributed by atoms with Gasteiger partial charge in [-0.3, -0.25) is 24.6 Å². The van der Waals surface area contributed by atoms with Gasteiger partial charge in [-0.05, 0) is 57.8 Å². The first-order valence-electron chi connectivity index (χ1n) is 12.9. The number of rotatable bonds is 15. The summed E-state index contributed by atoms with van der Waals surface area (Å²) >= 11 is 0. The van der Waals surface area contributed by atoms with Gasteiger partial charge >= 0.3 is 0 Å². The fourth-order valence-electron chi connectivity index (χ4n) is 4.28. The quantitative estimate of drug-likeness (QED) is 0.226. The van der Waals surface area contributed by atoms with Crippen LogP contribution in [0.5, 0.6) is 0 Å². The van der Waals surface area contributed by atoms with Crippen LogP contribution in [0.4, 0.5) is 0 Å². The fraction of sp³-hybridized carbons (Fsp3) is 0.607. The highest BCUT2D eigenvalue weighted by molar-refractivity contribution is 5.85. The normalized spacial score (nSPS) is 14.7. The highest BCUT2D eigenvalue weighted by atomic mass is 16.5. The molecule has 1 aromatic carbocycles. The summed E-state index contributed by atoms with van der Waals surface area (Å²) in [5.74, 6) is 6.11. The maximum absolute atomic E-state index is 11.6. The number of amides is 2. The van der Waals surface area contributed by atoms with Gasteiger partial charge in [-0.25, -0.2) is 0 Å². The maximum atomic E-state index is 11.6. The molecule has 0 heterocycles. The van der Waals surface area contributed by atoms with Crippen molar-refractivity contribution >= 4 is 18.6 Å². The van der Waals surface area contributed by atoms with Gasteiger partial charge in [-0.2, -0.15) is 0 Å². The van der Waals surface area contributed by atoms with E-state index in [1.165, 1.54) is 32.1 Å². The van der Waals surface area contributed by atoms with Crippen LogP contribution in [0.3, 0.4) is 0 Å². The number of carbonyl (C=O) groups is 3. The second kappa shape index (κ2) is 17.0. The molecule has 0 spiro atoms. The van der Waals surface area contributed by atoms with E-state index in [-0.39, 0.29) is 18.4 Å². The number of aldehydes is 1. The molecule has 192 valence electrons. The first-order chi connectivity index (χ1) is 17.0. The summed E-state index contributed by atoms with van der Waals surface area (Å²) in [6.07, 6.45) is 10.5. The zero-order chi connectivity index (χ0) is 25.3. The van der Waals surface area contributed by atoms with Crippen LogP contribution in [0.25, 0.3) is 0 Å². The number of hydrogen-bond acceptors (Lipinski definition) is 6. The molecule has 1 aliphatic carbocycles. The molecule has 0 saturated heterocycles. The van der Waals surface area contributed by atoms with E-state index in [0.717, 1.165) is 37.0 Å². The van der Waals surface area contributed by atoms with Crippen molar-refractivity contribution in [1.29, 1.82) is 0 Å². The summed E-state index contributed by atoms with van der Waals surface area (Å²) in [6, 6.07) is 6.36. The number of imide groups is 1. The average Bonchev–Trinajstić information content (AvgIpc) is 2.87. The van der Waals surface area contributed by atoms with Crippen LogP contribution in [0, 0.1) is 11.8 Å². The Morgan fingerprint density at radius 1 is 1.23 bits per heavy atom. The summed E-state index contributed by atoms with van der Waals surface area (Å²) < 4.78 is 5.73. The smallest absolute Gasteiger partial charge is 0.226 e. The minimum Gasteiger partial charge on any atom is -0.380 e. The monoisotopic (exact) mass is 483 g/mol. The van der Waals surface area contributed by atoms with Crippen molar-refractivity contribution in [2.75, 3.05) is 26.8 Å². The Hall–Kier alpha value is -2.53. The van der Waals surface area contributed by atoms with Gasteiger partial charge in [0.05, 0.1) is 6.61 Å². The Morgan fingerprint density at radius 2 is 2.03 bits per heavy atom. The molecular weight excluding hydrogens is 442 g/mol. The molecule has 7 heteroatoms. The van der Waals surface area contributed by atoms with Gasteiger partial charge in [0.1, 0.15) is 6.29 Å². The Kier molecular flexibility index (Phi) is 13.9. The second-order valence-corrected chi connectivity index (χ2v) is 9.29. The number of carbonyl (C=O) groups excluding carboxylic acids is 3. The van der Waals surface area contributed by atoms with Gasteiger partial charge in [-0.15, -0.1) is 0 Å². The van der Waals surface area contributed by atoms with E-state index >= 15 is 0 Å². The minimum atomic E-state index is -0.289. The molecule has 2 amide bonds. The van der Waals surface area contributed by atoms with Gasteiger partial charge in [0.25, 0.3) is 0 Å². The van der Waals surface area contributed by atoms with Crippen molar-refractivity contribution in [3.63, 3.8) is 0 Å². The van der Waals surface area contributed by atoms with Crippen LogP contribution < -0.4 is 10.6 Å². The van der Waals surface area contributed by atoms with Gasteiger partial charge in [-0.1, -0.05) is 43.2 Å². The molecule has 0 aromatic heterocycles. The Labute approximate surface area is 210 Å². The molecule has 1 aromatic rings. The van der Waals surface area contributed by atoms with Gasteiger partial charge in [0.15, 0.2) is 0 Å². The molecular formula is C28H41N3O4. The largest absolute Gasteiger partial charge is 0.380 e. The molecule has 7 nitrogen and oxygen atoms in total. The predicted octanol–water partition coefficient (Wildman–Crippen LogP) is 3.44. The third-order valence-corrected chi connectivity index (χ3v) is 6.61. The molecule has 1 saturated carbocycles. The van der Waals surface area contributed by atoms with E-state index in [1.54, 1.807) is 6.07 Å².